The lowest BCUT2D eigenvalue weighted by Gasteiger charge is -1.96. The summed E-state index contributed by atoms with van der Waals surface area (Å²) >= 11 is 0. The Morgan fingerprint density at radius 3 is 3.00 bits per heavy atom. The quantitative estimate of drug-likeness (QED) is 0.627. The topological polar surface area (TPSA) is 30.2 Å². The lowest BCUT2D eigenvalue weighted by molar-refractivity contribution is -0.119. The van der Waals surface area contributed by atoms with Crippen molar-refractivity contribution in [2.24, 2.45) is 0 Å². The molecule has 0 saturated heterocycles. The molecule has 0 fully saturated rings. The van der Waals surface area contributed by atoms with E-state index in [0.29, 0.717) is 19.3 Å². The molecule has 2 heteroatoms. The van der Waals surface area contributed by atoms with Crippen LogP contribution in [0.4, 0.5) is 0 Å². The van der Waals surface area contributed by atoms with Crippen LogP contribution in [0.3, 0.4) is 0 Å². The summed E-state index contributed by atoms with van der Waals surface area (Å²) in [4.78, 5) is 11.2. The number of carbonyl (C=O) groups excluding carboxylic acids is 1. The van der Waals surface area contributed by atoms with Crippen LogP contribution >= 0.6 is 0 Å². The van der Waals surface area contributed by atoms with E-state index in [1.807, 2.05) is 12.1 Å². The van der Waals surface area contributed by atoms with E-state index >= 15 is 0 Å². The molecule has 0 aromatic carbocycles. The first-order valence-electron chi connectivity index (χ1n) is 4.48. The Kier molecular flexibility index (Phi) is 4.03. The number of Topliss-reactive ketones (excluding diaryl/α,β-unsaturated/α-hetero) is 1. The van der Waals surface area contributed by atoms with E-state index in [0.717, 1.165) is 12.2 Å². The van der Waals surface area contributed by atoms with E-state index in [4.69, 9.17) is 4.42 Å². The van der Waals surface area contributed by atoms with E-state index in [-0.39, 0.29) is 5.78 Å². The van der Waals surface area contributed by atoms with Crippen LogP contribution in [0.1, 0.15) is 25.0 Å². The molecule has 0 aliphatic rings. The minimum atomic E-state index is 0.274. The zero-order valence-corrected chi connectivity index (χ0v) is 7.66. The highest BCUT2D eigenvalue weighted by Gasteiger charge is 2.02. The lowest BCUT2D eigenvalue weighted by atomic mass is 10.1. The molecule has 2 nitrogen and oxygen atoms in total. The highest BCUT2D eigenvalue weighted by Crippen LogP contribution is 2.05. The predicted octanol–water partition coefficient (Wildman–Crippen LogP) is 2.75. The van der Waals surface area contributed by atoms with Crippen LogP contribution in [0.5, 0.6) is 0 Å². The molecule has 1 heterocycles. The van der Waals surface area contributed by atoms with Gasteiger partial charge < -0.3 is 4.42 Å². The zero-order valence-electron chi connectivity index (χ0n) is 7.66. The van der Waals surface area contributed by atoms with E-state index < -0.39 is 0 Å². The largest absolute Gasteiger partial charge is 0.469 e. The van der Waals surface area contributed by atoms with E-state index in [2.05, 4.69) is 6.58 Å². The number of allylic oxidation sites excluding steroid dienone is 1. The van der Waals surface area contributed by atoms with Gasteiger partial charge in [0.1, 0.15) is 11.5 Å². The van der Waals surface area contributed by atoms with E-state index in [1.54, 1.807) is 12.3 Å². The Balaban J connectivity index is 2.19. The predicted molar refractivity (Wildman–Crippen MR) is 51.5 cm³/mol. The fourth-order valence-corrected chi connectivity index (χ4v) is 1.11. The van der Waals surface area contributed by atoms with Gasteiger partial charge in [0.05, 0.1) is 6.26 Å². The summed E-state index contributed by atoms with van der Waals surface area (Å²) in [6, 6.07) is 3.73. The summed E-state index contributed by atoms with van der Waals surface area (Å²) in [5, 5.41) is 0. The number of aryl methyl sites for hydroxylation is 1. The monoisotopic (exact) mass is 178 g/mol. The van der Waals surface area contributed by atoms with Gasteiger partial charge >= 0.3 is 0 Å². The Hall–Kier alpha value is -1.31. The maximum Gasteiger partial charge on any atom is 0.133 e. The first-order chi connectivity index (χ1) is 6.33. The standard InChI is InChI=1S/C11H14O2/c1-2-3-5-10(12)7-8-11-6-4-9-13-11/h2,4,6,9H,1,3,5,7-8H2. The van der Waals surface area contributed by atoms with Crippen molar-refractivity contribution in [3.8, 4) is 0 Å². The molecule has 1 aromatic heterocycles. The normalized spacial score (nSPS) is 9.85. The second-order valence-electron chi connectivity index (χ2n) is 2.95. The van der Waals surface area contributed by atoms with Crippen molar-refractivity contribution in [3.63, 3.8) is 0 Å². The van der Waals surface area contributed by atoms with Gasteiger partial charge in [-0.05, 0) is 18.6 Å². The van der Waals surface area contributed by atoms with Gasteiger partial charge in [-0.3, -0.25) is 4.79 Å². The van der Waals surface area contributed by atoms with Gasteiger partial charge in [-0.2, -0.15) is 0 Å². The van der Waals surface area contributed by atoms with Gasteiger partial charge in [0.15, 0.2) is 0 Å². The Morgan fingerprint density at radius 1 is 1.54 bits per heavy atom. The van der Waals surface area contributed by atoms with Crippen LogP contribution in [0.2, 0.25) is 0 Å². The van der Waals surface area contributed by atoms with Crippen LogP contribution in [0.25, 0.3) is 0 Å². The maximum absolute atomic E-state index is 11.2. The summed E-state index contributed by atoms with van der Waals surface area (Å²) in [7, 11) is 0. The highest BCUT2D eigenvalue weighted by molar-refractivity contribution is 5.78. The molecule has 0 bridgehead atoms. The summed E-state index contributed by atoms with van der Waals surface area (Å²) < 4.78 is 5.12. The molecule has 0 spiro atoms. The smallest absolute Gasteiger partial charge is 0.133 e. The van der Waals surface area contributed by atoms with Gasteiger partial charge in [0.25, 0.3) is 0 Å². The fourth-order valence-electron chi connectivity index (χ4n) is 1.11. The molecule has 0 radical (unpaired) electrons. The van der Waals surface area contributed by atoms with Crippen LogP contribution in [0.15, 0.2) is 35.5 Å². The van der Waals surface area contributed by atoms with Gasteiger partial charge in [0.2, 0.25) is 0 Å². The average molecular weight is 178 g/mol. The van der Waals surface area contributed by atoms with Crippen LogP contribution in [-0.4, -0.2) is 5.78 Å². The Labute approximate surface area is 78.3 Å². The van der Waals surface area contributed by atoms with Gasteiger partial charge in [-0.15, -0.1) is 6.58 Å². The van der Waals surface area contributed by atoms with Crippen molar-refractivity contribution < 1.29 is 9.21 Å². The van der Waals surface area contributed by atoms with Gasteiger partial charge in [-0.1, -0.05) is 6.08 Å². The lowest BCUT2D eigenvalue weighted by Crippen LogP contribution is -1.98. The van der Waals surface area contributed by atoms with Crippen molar-refractivity contribution in [3.05, 3.63) is 36.8 Å². The minimum absolute atomic E-state index is 0.274. The second kappa shape index (κ2) is 5.36. The summed E-state index contributed by atoms with van der Waals surface area (Å²) in [5.41, 5.74) is 0. The molecule has 0 saturated carbocycles. The molecule has 0 unspecified atom stereocenters. The molecule has 70 valence electrons. The number of carbonyl (C=O) groups is 1. The molecule has 1 aromatic rings. The number of rotatable bonds is 6. The fraction of sp³-hybridized carbons (Fsp3) is 0.364. The van der Waals surface area contributed by atoms with Gasteiger partial charge in [0, 0.05) is 19.3 Å². The van der Waals surface area contributed by atoms with Crippen LogP contribution in [0, 0.1) is 0 Å². The molecule has 0 aliphatic carbocycles. The molecule has 0 N–H and O–H groups in total. The Morgan fingerprint density at radius 2 is 2.38 bits per heavy atom. The SMILES string of the molecule is C=CCCC(=O)CCc1ccco1. The Bertz CT molecular complexity index is 260. The van der Waals surface area contributed by atoms with Crippen molar-refractivity contribution in [2.75, 3.05) is 0 Å². The first-order valence-corrected chi connectivity index (χ1v) is 4.48. The molecular formula is C11H14O2. The van der Waals surface area contributed by atoms with Crippen molar-refractivity contribution >= 4 is 5.78 Å². The van der Waals surface area contributed by atoms with E-state index in [9.17, 15) is 4.79 Å². The zero-order chi connectivity index (χ0) is 9.52. The third kappa shape index (κ3) is 3.74. The first kappa shape index (κ1) is 9.78. The number of hydrogen-bond acceptors (Lipinski definition) is 2. The molecule has 0 amide bonds. The molecule has 0 atom stereocenters. The van der Waals surface area contributed by atoms with Crippen LogP contribution in [-0.2, 0) is 11.2 Å². The average Bonchev–Trinajstić information content (AvgIpc) is 2.64. The second-order valence-corrected chi connectivity index (χ2v) is 2.95. The van der Waals surface area contributed by atoms with E-state index in [1.165, 1.54) is 0 Å². The third-order valence-corrected chi connectivity index (χ3v) is 1.86. The van der Waals surface area contributed by atoms with Crippen molar-refractivity contribution in [1.82, 2.24) is 0 Å². The van der Waals surface area contributed by atoms with Crippen LogP contribution < -0.4 is 0 Å². The molecule has 0 aliphatic heterocycles. The molecular weight excluding hydrogens is 164 g/mol. The maximum atomic E-state index is 11.2. The number of furan rings is 1. The molecule has 1 rings (SSSR count). The third-order valence-electron chi connectivity index (χ3n) is 1.86. The summed E-state index contributed by atoms with van der Waals surface area (Å²) in [6.07, 6.45) is 6.06. The number of ketones is 1. The summed E-state index contributed by atoms with van der Waals surface area (Å²) in [6.45, 7) is 3.57. The van der Waals surface area contributed by atoms with Crippen molar-refractivity contribution in [2.45, 2.75) is 25.7 Å². The number of hydrogen-bond donors (Lipinski definition) is 0. The van der Waals surface area contributed by atoms with Gasteiger partial charge in [-0.25, -0.2) is 0 Å². The summed E-state index contributed by atoms with van der Waals surface area (Å²) in [5.74, 6) is 1.16. The van der Waals surface area contributed by atoms with Crippen molar-refractivity contribution in [1.29, 1.82) is 0 Å². The highest BCUT2D eigenvalue weighted by atomic mass is 16.3. The molecule has 13 heavy (non-hydrogen) atoms. The minimum Gasteiger partial charge on any atom is -0.469 e.